The number of nitrogens with two attached hydrogens (primary N) is 1. The fourth-order valence-corrected chi connectivity index (χ4v) is 3.33. The number of aromatic hydroxyl groups is 1. The van der Waals surface area contributed by atoms with E-state index in [1.54, 1.807) is 6.07 Å². The van der Waals surface area contributed by atoms with Crippen molar-refractivity contribution in [3.63, 3.8) is 0 Å². The summed E-state index contributed by atoms with van der Waals surface area (Å²) in [7, 11) is 0. The standard InChI is InChI=1S/C17H20ClNO4/c1-2-10-6-15(20)23-17-12(10)7-14(18)16(21)13(17)9-19-8-11-4-3-5-22-11/h6-7,11,19,21H,2-5,8-9H2,1H3/p+1/t11-/m0/s1. The van der Waals surface area contributed by atoms with Crippen LogP contribution in [-0.2, 0) is 17.7 Å². The minimum atomic E-state index is -0.406. The number of halogens is 1. The molecular weight excluding hydrogens is 318 g/mol. The second kappa shape index (κ2) is 6.91. The van der Waals surface area contributed by atoms with Gasteiger partial charge in [-0.2, -0.15) is 0 Å². The lowest BCUT2D eigenvalue weighted by molar-refractivity contribution is -0.676. The maximum atomic E-state index is 11.8. The number of fused-ring (bicyclic) bond motifs is 1. The molecule has 0 unspecified atom stereocenters. The number of quaternary nitrogens is 1. The Morgan fingerprint density at radius 1 is 1.43 bits per heavy atom. The third-order valence-electron chi connectivity index (χ3n) is 4.33. The molecule has 2 aromatic rings. The zero-order chi connectivity index (χ0) is 16.4. The molecule has 0 spiro atoms. The van der Waals surface area contributed by atoms with Crippen LogP contribution < -0.4 is 10.9 Å². The lowest BCUT2D eigenvalue weighted by Crippen LogP contribution is -2.84. The molecule has 23 heavy (non-hydrogen) atoms. The summed E-state index contributed by atoms with van der Waals surface area (Å²) >= 11 is 6.16. The normalized spacial score (nSPS) is 17.9. The Labute approximate surface area is 139 Å². The summed E-state index contributed by atoms with van der Waals surface area (Å²) in [6, 6.07) is 3.15. The number of hydrogen-bond acceptors (Lipinski definition) is 4. The van der Waals surface area contributed by atoms with E-state index in [1.165, 1.54) is 6.07 Å². The smallest absolute Gasteiger partial charge is 0.336 e. The maximum absolute atomic E-state index is 11.8. The van der Waals surface area contributed by atoms with Gasteiger partial charge in [-0.1, -0.05) is 18.5 Å². The lowest BCUT2D eigenvalue weighted by Gasteiger charge is -2.12. The Hall–Kier alpha value is -1.56. The first-order valence-electron chi connectivity index (χ1n) is 8.00. The second-order valence-corrected chi connectivity index (χ2v) is 6.28. The van der Waals surface area contributed by atoms with Gasteiger partial charge in [0.25, 0.3) is 0 Å². The minimum absolute atomic E-state index is 0.0147. The Balaban J connectivity index is 1.95. The molecule has 1 fully saturated rings. The van der Waals surface area contributed by atoms with E-state index in [1.807, 2.05) is 6.92 Å². The third-order valence-corrected chi connectivity index (χ3v) is 4.61. The Kier molecular flexibility index (Phi) is 4.90. The molecular formula is C17H21ClNO4+. The molecule has 1 saturated heterocycles. The molecule has 2 heterocycles. The third kappa shape index (κ3) is 3.37. The SMILES string of the molecule is CCc1cc(=O)oc2c(C[NH2+]C[C@@H]3CCCO3)c(O)c(Cl)cc12. The Morgan fingerprint density at radius 3 is 2.96 bits per heavy atom. The number of ether oxygens (including phenoxy) is 1. The van der Waals surface area contributed by atoms with Crippen molar-refractivity contribution in [3.05, 3.63) is 38.7 Å². The fraction of sp³-hybridized carbons (Fsp3) is 0.471. The highest BCUT2D eigenvalue weighted by Gasteiger charge is 2.20. The van der Waals surface area contributed by atoms with E-state index in [-0.39, 0.29) is 16.9 Å². The van der Waals surface area contributed by atoms with Gasteiger partial charge >= 0.3 is 5.63 Å². The molecule has 1 atom stereocenters. The first-order chi connectivity index (χ1) is 11.1. The molecule has 1 aromatic carbocycles. The first-order valence-corrected chi connectivity index (χ1v) is 8.38. The van der Waals surface area contributed by atoms with Gasteiger partial charge < -0.3 is 19.6 Å². The number of phenolic OH excluding ortho intramolecular Hbond substituents is 1. The van der Waals surface area contributed by atoms with Gasteiger partial charge in [-0.25, -0.2) is 4.79 Å². The highest BCUT2D eigenvalue weighted by Crippen LogP contribution is 2.35. The van der Waals surface area contributed by atoms with Gasteiger partial charge in [0.1, 0.15) is 24.9 Å². The van der Waals surface area contributed by atoms with Crippen LogP contribution in [0.2, 0.25) is 5.02 Å². The van der Waals surface area contributed by atoms with Crippen LogP contribution in [0.5, 0.6) is 5.75 Å². The van der Waals surface area contributed by atoms with Crippen molar-refractivity contribution in [2.24, 2.45) is 0 Å². The van der Waals surface area contributed by atoms with E-state index in [9.17, 15) is 9.90 Å². The van der Waals surface area contributed by atoms with Crippen LogP contribution in [0, 0.1) is 0 Å². The molecule has 1 aliphatic heterocycles. The van der Waals surface area contributed by atoms with Crippen LogP contribution in [-0.4, -0.2) is 24.4 Å². The van der Waals surface area contributed by atoms with Gasteiger partial charge in [-0.15, -0.1) is 0 Å². The molecule has 0 saturated carbocycles. The van der Waals surface area contributed by atoms with Gasteiger partial charge in [-0.05, 0) is 30.9 Å². The van der Waals surface area contributed by atoms with E-state index in [2.05, 4.69) is 5.32 Å². The van der Waals surface area contributed by atoms with Crippen LogP contribution in [0.3, 0.4) is 0 Å². The Morgan fingerprint density at radius 2 is 2.26 bits per heavy atom. The molecule has 3 rings (SSSR count). The van der Waals surface area contributed by atoms with Crippen molar-refractivity contribution in [2.75, 3.05) is 13.2 Å². The summed E-state index contributed by atoms with van der Waals surface area (Å²) in [5.41, 5.74) is 1.47. The van der Waals surface area contributed by atoms with Crippen LogP contribution in [0.15, 0.2) is 21.3 Å². The molecule has 0 amide bonds. The van der Waals surface area contributed by atoms with E-state index in [0.29, 0.717) is 24.1 Å². The molecule has 124 valence electrons. The van der Waals surface area contributed by atoms with E-state index >= 15 is 0 Å². The average molecular weight is 339 g/mol. The number of rotatable bonds is 5. The van der Waals surface area contributed by atoms with Gasteiger partial charge in [0.05, 0.1) is 10.6 Å². The largest absolute Gasteiger partial charge is 0.506 e. The summed E-state index contributed by atoms with van der Waals surface area (Å²) in [5, 5.41) is 13.4. The molecule has 6 heteroatoms. The molecule has 1 aromatic heterocycles. The number of hydrogen-bond donors (Lipinski definition) is 2. The molecule has 5 nitrogen and oxygen atoms in total. The first kappa shape index (κ1) is 16.3. The zero-order valence-electron chi connectivity index (χ0n) is 13.1. The van der Waals surface area contributed by atoms with Crippen molar-refractivity contribution < 1.29 is 19.6 Å². The monoisotopic (exact) mass is 338 g/mol. The van der Waals surface area contributed by atoms with E-state index in [4.69, 9.17) is 20.8 Å². The summed E-state index contributed by atoms with van der Waals surface area (Å²) in [6.07, 6.45) is 3.11. The van der Waals surface area contributed by atoms with E-state index < -0.39 is 5.63 Å². The van der Waals surface area contributed by atoms with Gasteiger partial charge in [0.15, 0.2) is 5.58 Å². The molecule has 1 aliphatic rings. The number of phenols is 1. The predicted octanol–water partition coefficient (Wildman–Crippen LogP) is 1.96. The summed E-state index contributed by atoms with van der Waals surface area (Å²) in [5.74, 6) is -0.0147. The number of aryl methyl sites for hydroxylation is 1. The Bertz CT molecular complexity index is 765. The molecule has 0 aliphatic carbocycles. The number of benzene rings is 1. The minimum Gasteiger partial charge on any atom is -0.506 e. The second-order valence-electron chi connectivity index (χ2n) is 5.87. The lowest BCUT2D eigenvalue weighted by atomic mass is 10.0. The highest BCUT2D eigenvalue weighted by atomic mass is 35.5. The topological polar surface area (TPSA) is 76.3 Å². The molecule has 3 N–H and O–H groups in total. The van der Waals surface area contributed by atoms with Crippen LogP contribution in [0.25, 0.3) is 11.0 Å². The van der Waals surface area contributed by atoms with E-state index in [0.717, 1.165) is 36.9 Å². The van der Waals surface area contributed by atoms with Crippen molar-refractivity contribution in [1.82, 2.24) is 0 Å². The van der Waals surface area contributed by atoms with Crippen LogP contribution >= 0.6 is 11.6 Å². The molecule has 0 radical (unpaired) electrons. The van der Waals surface area contributed by atoms with Gasteiger partial charge in [0.2, 0.25) is 0 Å². The quantitative estimate of drug-likeness (QED) is 0.817. The van der Waals surface area contributed by atoms with Crippen LogP contribution in [0.1, 0.15) is 30.9 Å². The van der Waals surface area contributed by atoms with Crippen molar-refractivity contribution in [1.29, 1.82) is 0 Å². The van der Waals surface area contributed by atoms with Crippen molar-refractivity contribution >= 4 is 22.6 Å². The van der Waals surface area contributed by atoms with Crippen molar-refractivity contribution in [3.8, 4) is 5.75 Å². The summed E-state index contributed by atoms with van der Waals surface area (Å²) < 4.78 is 11.0. The predicted molar refractivity (Wildman–Crippen MR) is 88.0 cm³/mol. The van der Waals surface area contributed by atoms with Crippen molar-refractivity contribution in [2.45, 2.75) is 38.8 Å². The van der Waals surface area contributed by atoms with Gasteiger partial charge in [0, 0.05) is 18.1 Å². The molecule has 0 bridgehead atoms. The average Bonchev–Trinajstić information content (AvgIpc) is 3.04. The maximum Gasteiger partial charge on any atom is 0.336 e. The van der Waals surface area contributed by atoms with Crippen LogP contribution in [0.4, 0.5) is 0 Å². The fourth-order valence-electron chi connectivity index (χ4n) is 3.11. The van der Waals surface area contributed by atoms with Gasteiger partial charge in [-0.3, -0.25) is 0 Å². The zero-order valence-corrected chi connectivity index (χ0v) is 13.9. The summed E-state index contributed by atoms with van der Waals surface area (Å²) in [6.45, 7) is 4.08. The highest BCUT2D eigenvalue weighted by molar-refractivity contribution is 6.33. The summed E-state index contributed by atoms with van der Waals surface area (Å²) in [4.78, 5) is 11.8.